The van der Waals surface area contributed by atoms with Gasteiger partial charge in [0.1, 0.15) is 11.4 Å². The highest BCUT2D eigenvalue weighted by molar-refractivity contribution is 5.33. The Morgan fingerprint density at radius 3 is 2.09 bits per heavy atom. The summed E-state index contributed by atoms with van der Waals surface area (Å²) in [5.41, 5.74) is -0.773. The van der Waals surface area contributed by atoms with Crippen molar-refractivity contribution in [3.63, 3.8) is 0 Å². The quantitative estimate of drug-likeness (QED) is 0.397. The van der Waals surface area contributed by atoms with Crippen LogP contribution in [-0.4, -0.2) is 0 Å². The number of halogens is 3. The molecular formula is C8H2F3. The molecule has 1 radical (unpaired) electrons. The average molecular weight is 155 g/mol. The SMILES string of the molecule is [C]#Cc1c(F)ccc(F)c1F. The van der Waals surface area contributed by atoms with Crippen LogP contribution in [0.25, 0.3) is 0 Å². The standard InChI is InChI=1S/C8H2F3/c1-2-5-6(9)3-4-7(10)8(5)11/h3-4H. The molecule has 11 heavy (non-hydrogen) atoms. The fourth-order valence-corrected chi connectivity index (χ4v) is 0.642. The first kappa shape index (κ1) is 7.67. The Morgan fingerprint density at radius 2 is 1.64 bits per heavy atom. The maximum atomic E-state index is 12.5. The molecule has 0 spiro atoms. The molecule has 0 aliphatic carbocycles. The minimum atomic E-state index is -1.38. The van der Waals surface area contributed by atoms with Crippen molar-refractivity contribution >= 4 is 0 Å². The van der Waals surface area contributed by atoms with Crippen LogP contribution in [0.3, 0.4) is 0 Å². The van der Waals surface area contributed by atoms with Gasteiger partial charge in [-0.1, -0.05) is 0 Å². The first-order chi connectivity index (χ1) is 5.16. The highest BCUT2D eigenvalue weighted by atomic mass is 19.2. The molecule has 0 aromatic heterocycles. The summed E-state index contributed by atoms with van der Waals surface area (Å²) < 4.78 is 37.2. The Morgan fingerprint density at radius 1 is 1.09 bits per heavy atom. The van der Waals surface area contributed by atoms with Crippen molar-refractivity contribution in [3.05, 3.63) is 41.6 Å². The van der Waals surface area contributed by atoms with Crippen molar-refractivity contribution in [1.29, 1.82) is 0 Å². The Labute approximate surface area is 61.7 Å². The summed E-state index contributed by atoms with van der Waals surface area (Å²) >= 11 is 0. The first-order valence-corrected chi connectivity index (χ1v) is 2.73. The van der Waals surface area contributed by atoms with Gasteiger partial charge in [-0.05, 0) is 24.5 Å². The van der Waals surface area contributed by atoms with Crippen molar-refractivity contribution in [2.45, 2.75) is 0 Å². The minimum absolute atomic E-state index is 0.658. The molecule has 0 heterocycles. The second-order valence-electron chi connectivity index (χ2n) is 1.84. The van der Waals surface area contributed by atoms with E-state index in [1.807, 2.05) is 0 Å². The van der Waals surface area contributed by atoms with Crippen LogP contribution >= 0.6 is 0 Å². The second kappa shape index (κ2) is 2.67. The van der Waals surface area contributed by atoms with Gasteiger partial charge in [0.2, 0.25) is 0 Å². The summed E-state index contributed by atoms with van der Waals surface area (Å²) in [6, 6.07) is 1.40. The third-order valence-electron chi connectivity index (χ3n) is 1.17. The highest BCUT2D eigenvalue weighted by Gasteiger charge is 2.10. The molecule has 0 saturated carbocycles. The Balaban J connectivity index is 3.44. The molecule has 1 rings (SSSR count). The zero-order valence-corrected chi connectivity index (χ0v) is 5.29. The topological polar surface area (TPSA) is 0 Å². The Bertz CT molecular complexity index is 323. The lowest BCUT2D eigenvalue weighted by Crippen LogP contribution is -1.93. The molecular weight excluding hydrogens is 153 g/mol. The molecule has 0 amide bonds. The van der Waals surface area contributed by atoms with E-state index in [1.165, 1.54) is 5.92 Å². The van der Waals surface area contributed by atoms with Crippen LogP contribution in [0.1, 0.15) is 5.56 Å². The van der Waals surface area contributed by atoms with Gasteiger partial charge in [0.05, 0.1) is 0 Å². The highest BCUT2D eigenvalue weighted by Crippen LogP contribution is 2.13. The van der Waals surface area contributed by atoms with Crippen molar-refractivity contribution in [2.24, 2.45) is 0 Å². The van der Waals surface area contributed by atoms with Crippen molar-refractivity contribution in [3.8, 4) is 5.92 Å². The zero-order chi connectivity index (χ0) is 8.43. The molecule has 0 unspecified atom stereocenters. The molecule has 0 fully saturated rings. The van der Waals surface area contributed by atoms with E-state index in [9.17, 15) is 13.2 Å². The average Bonchev–Trinajstić information content (AvgIpc) is 1.99. The zero-order valence-electron chi connectivity index (χ0n) is 5.29. The van der Waals surface area contributed by atoms with Crippen molar-refractivity contribution < 1.29 is 13.2 Å². The van der Waals surface area contributed by atoms with E-state index in [0.717, 1.165) is 6.07 Å². The van der Waals surface area contributed by atoms with E-state index in [4.69, 9.17) is 6.42 Å². The largest absolute Gasteiger partial charge is 0.206 e. The molecule has 0 saturated heterocycles. The predicted molar refractivity (Wildman–Crippen MR) is 32.5 cm³/mol. The van der Waals surface area contributed by atoms with Gasteiger partial charge in [-0.15, -0.1) is 0 Å². The molecule has 0 aliphatic heterocycles. The van der Waals surface area contributed by atoms with Crippen LogP contribution in [0, 0.1) is 29.8 Å². The normalized spacial score (nSPS) is 9.27. The molecule has 1 aromatic carbocycles. The second-order valence-corrected chi connectivity index (χ2v) is 1.84. The summed E-state index contributed by atoms with van der Waals surface area (Å²) in [4.78, 5) is 0. The van der Waals surface area contributed by atoms with Gasteiger partial charge in [-0.25, -0.2) is 13.2 Å². The molecule has 0 bridgehead atoms. The van der Waals surface area contributed by atoms with Crippen LogP contribution < -0.4 is 0 Å². The molecule has 0 aliphatic rings. The lowest BCUT2D eigenvalue weighted by molar-refractivity contribution is 0.491. The summed E-state index contributed by atoms with van der Waals surface area (Å²) in [5.74, 6) is -2.08. The van der Waals surface area contributed by atoms with Gasteiger partial charge in [-0.2, -0.15) is 0 Å². The predicted octanol–water partition coefficient (Wildman–Crippen LogP) is 2.04. The molecule has 0 N–H and O–H groups in total. The lowest BCUT2D eigenvalue weighted by atomic mass is 10.2. The third-order valence-corrected chi connectivity index (χ3v) is 1.17. The van der Waals surface area contributed by atoms with Crippen LogP contribution in [-0.2, 0) is 0 Å². The van der Waals surface area contributed by atoms with Gasteiger partial charge in [-0.3, -0.25) is 0 Å². The fourth-order valence-electron chi connectivity index (χ4n) is 0.642. The van der Waals surface area contributed by atoms with Crippen LogP contribution in [0.15, 0.2) is 12.1 Å². The van der Waals surface area contributed by atoms with E-state index in [-0.39, 0.29) is 0 Å². The van der Waals surface area contributed by atoms with Gasteiger partial charge >= 0.3 is 0 Å². The van der Waals surface area contributed by atoms with Crippen LogP contribution in [0.5, 0.6) is 0 Å². The monoisotopic (exact) mass is 155 g/mol. The van der Waals surface area contributed by atoms with E-state index in [0.29, 0.717) is 6.07 Å². The number of hydrogen-bond donors (Lipinski definition) is 0. The third kappa shape index (κ3) is 1.20. The molecule has 0 atom stereocenters. The molecule has 3 heteroatoms. The summed E-state index contributed by atoms with van der Waals surface area (Å²) in [6.45, 7) is 0. The number of rotatable bonds is 0. The van der Waals surface area contributed by atoms with Crippen LogP contribution in [0.4, 0.5) is 13.2 Å². The van der Waals surface area contributed by atoms with E-state index in [2.05, 4.69) is 0 Å². The summed E-state index contributed by atoms with van der Waals surface area (Å²) in [6.07, 6.45) is 6.43. The van der Waals surface area contributed by atoms with Gasteiger partial charge in [0.25, 0.3) is 0 Å². The number of benzene rings is 1. The summed E-state index contributed by atoms with van der Waals surface area (Å²) in [7, 11) is 0. The fraction of sp³-hybridized carbons (Fsp3) is 0. The Hall–Kier alpha value is -1.43. The van der Waals surface area contributed by atoms with Crippen molar-refractivity contribution in [1.82, 2.24) is 0 Å². The molecule has 1 aromatic rings. The molecule has 55 valence electrons. The Kier molecular flexibility index (Phi) is 1.86. The minimum Gasteiger partial charge on any atom is -0.206 e. The van der Waals surface area contributed by atoms with Gasteiger partial charge in [0, 0.05) is 0 Å². The lowest BCUT2D eigenvalue weighted by Gasteiger charge is -1.96. The van der Waals surface area contributed by atoms with Gasteiger partial charge in [0.15, 0.2) is 11.6 Å². The first-order valence-electron chi connectivity index (χ1n) is 2.73. The smallest absolute Gasteiger partial charge is 0.177 e. The summed E-state index contributed by atoms with van der Waals surface area (Å²) in [5, 5.41) is 0. The van der Waals surface area contributed by atoms with Gasteiger partial charge < -0.3 is 0 Å². The van der Waals surface area contributed by atoms with Crippen LogP contribution in [0.2, 0.25) is 0 Å². The van der Waals surface area contributed by atoms with E-state index in [1.54, 1.807) is 0 Å². The van der Waals surface area contributed by atoms with E-state index < -0.39 is 23.0 Å². The van der Waals surface area contributed by atoms with E-state index >= 15 is 0 Å². The van der Waals surface area contributed by atoms with Crippen molar-refractivity contribution in [2.75, 3.05) is 0 Å². The maximum absolute atomic E-state index is 12.5. The maximum Gasteiger partial charge on any atom is 0.177 e. The number of hydrogen-bond acceptors (Lipinski definition) is 0. The molecule has 0 nitrogen and oxygen atoms in total.